The fraction of sp³-hybridized carbons (Fsp3) is 0.316. The Morgan fingerprint density at radius 1 is 1.04 bits per heavy atom. The van der Waals surface area contributed by atoms with E-state index in [0.717, 1.165) is 11.1 Å². The molecular formula is C19H21Cl2NO3. The van der Waals surface area contributed by atoms with E-state index in [1.165, 1.54) is 0 Å². The van der Waals surface area contributed by atoms with Gasteiger partial charge in [-0.15, -0.1) is 0 Å². The molecule has 6 heteroatoms. The van der Waals surface area contributed by atoms with Gasteiger partial charge in [0, 0.05) is 13.2 Å². The van der Waals surface area contributed by atoms with Crippen molar-refractivity contribution in [3.63, 3.8) is 0 Å². The zero-order valence-electron chi connectivity index (χ0n) is 14.1. The third-order valence-electron chi connectivity index (χ3n) is 3.49. The Kier molecular flexibility index (Phi) is 8.22. The molecule has 2 aromatic rings. The van der Waals surface area contributed by atoms with Gasteiger partial charge < -0.3 is 14.8 Å². The van der Waals surface area contributed by atoms with Crippen LogP contribution in [0.1, 0.15) is 28.4 Å². The molecule has 0 aliphatic heterocycles. The minimum Gasteiger partial charge on any atom is -0.379 e. The van der Waals surface area contributed by atoms with Gasteiger partial charge in [0.05, 0.1) is 35.4 Å². The smallest absolute Gasteiger partial charge is 0.253 e. The molecular weight excluding hydrogens is 361 g/mol. The van der Waals surface area contributed by atoms with Crippen molar-refractivity contribution < 1.29 is 14.3 Å². The first-order valence-electron chi connectivity index (χ1n) is 8.07. The summed E-state index contributed by atoms with van der Waals surface area (Å²) < 4.78 is 10.8. The molecule has 4 nitrogen and oxygen atoms in total. The predicted molar refractivity (Wildman–Crippen MR) is 100 cm³/mol. The van der Waals surface area contributed by atoms with Crippen LogP contribution in [0.3, 0.4) is 0 Å². The largest absolute Gasteiger partial charge is 0.379 e. The maximum atomic E-state index is 12.3. The molecule has 0 radical (unpaired) electrons. The highest BCUT2D eigenvalue weighted by atomic mass is 35.5. The van der Waals surface area contributed by atoms with E-state index in [-0.39, 0.29) is 10.9 Å². The van der Waals surface area contributed by atoms with Crippen LogP contribution < -0.4 is 5.32 Å². The molecule has 25 heavy (non-hydrogen) atoms. The van der Waals surface area contributed by atoms with Crippen molar-refractivity contribution in [2.24, 2.45) is 0 Å². The molecule has 134 valence electrons. The lowest BCUT2D eigenvalue weighted by atomic mass is 10.1. The van der Waals surface area contributed by atoms with Gasteiger partial charge in [0.2, 0.25) is 0 Å². The standard InChI is InChI=1S/C19H21Cl2NO3/c1-2-24-9-10-25-13-15-6-3-5-14(11-15)12-22-19(23)16-7-4-8-17(20)18(16)21/h3-8,11H,2,9-10,12-13H2,1H3,(H,22,23). The van der Waals surface area contributed by atoms with Crippen molar-refractivity contribution in [3.05, 3.63) is 69.2 Å². The molecule has 0 aliphatic carbocycles. The summed E-state index contributed by atoms with van der Waals surface area (Å²) in [6, 6.07) is 12.9. The Bertz CT molecular complexity index is 707. The number of nitrogens with one attached hydrogen (secondary N) is 1. The highest BCUT2D eigenvalue weighted by Gasteiger charge is 2.12. The van der Waals surface area contributed by atoms with Crippen LogP contribution in [-0.2, 0) is 22.6 Å². The summed E-state index contributed by atoms with van der Waals surface area (Å²) in [5, 5.41) is 3.48. The van der Waals surface area contributed by atoms with Crippen LogP contribution in [-0.4, -0.2) is 25.7 Å². The summed E-state index contributed by atoms with van der Waals surface area (Å²) in [7, 11) is 0. The Hall–Kier alpha value is -1.59. The molecule has 0 atom stereocenters. The number of rotatable bonds is 9. The number of hydrogen-bond acceptors (Lipinski definition) is 3. The monoisotopic (exact) mass is 381 g/mol. The maximum Gasteiger partial charge on any atom is 0.253 e. The molecule has 2 rings (SSSR count). The summed E-state index contributed by atoms with van der Waals surface area (Å²) in [5.74, 6) is -0.258. The lowest BCUT2D eigenvalue weighted by molar-refractivity contribution is 0.0453. The first-order valence-corrected chi connectivity index (χ1v) is 8.83. The fourth-order valence-corrected chi connectivity index (χ4v) is 2.62. The second kappa shape index (κ2) is 10.4. The van der Waals surface area contributed by atoms with Crippen molar-refractivity contribution in [1.29, 1.82) is 0 Å². The van der Waals surface area contributed by atoms with E-state index in [9.17, 15) is 4.79 Å². The third kappa shape index (κ3) is 6.33. The number of amides is 1. The number of hydrogen-bond donors (Lipinski definition) is 1. The summed E-state index contributed by atoms with van der Waals surface area (Å²) in [6.07, 6.45) is 0. The van der Waals surface area contributed by atoms with Gasteiger partial charge in [-0.1, -0.05) is 53.5 Å². The molecule has 0 unspecified atom stereocenters. The highest BCUT2D eigenvalue weighted by Crippen LogP contribution is 2.25. The van der Waals surface area contributed by atoms with E-state index >= 15 is 0 Å². The van der Waals surface area contributed by atoms with Gasteiger partial charge in [-0.3, -0.25) is 4.79 Å². The zero-order chi connectivity index (χ0) is 18.1. The molecule has 0 saturated carbocycles. The Balaban J connectivity index is 1.87. The number of ether oxygens (including phenoxy) is 2. The number of halogens is 2. The zero-order valence-corrected chi connectivity index (χ0v) is 15.6. The molecule has 0 fully saturated rings. The summed E-state index contributed by atoms with van der Waals surface area (Å²) in [6.45, 7) is 4.70. The second-order valence-corrected chi connectivity index (χ2v) is 6.14. The van der Waals surface area contributed by atoms with Crippen molar-refractivity contribution in [2.45, 2.75) is 20.1 Å². The van der Waals surface area contributed by atoms with Crippen LogP contribution in [0.2, 0.25) is 10.0 Å². The summed E-state index contributed by atoms with van der Waals surface area (Å²) >= 11 is 12.0. The average molecular weight is 382 g/mol. The Labute approximate surface area is 158 Å². The van der Waals surface area contributed by atoms with E-state index in [1.54, 1.807) is 18.2 Å². The van der Waals surface area contributed by atoms with Gasteiger partial charge in [0.1, 0.15) is 0 Å². The lowest BCUT2D eigenvalue weighted by Crippen LogP contribution is -2.23. The predicted octanol–water partition coefficient (Wildman–Crippen LogP) is 4.48. The molecule has 0 bridgehead atoms. The second-order valence-electron chi connectivity index (χ2n) is 5.35. The van der Waals surface area contributed by atoms with Crippen LogP contribution in [0.4, 0.5) is 0 Å². The molecule has 2 aromatic carbocycles. The minimum atomic E-state index is -0.258. The van der Waals surface area contributed by atoms with E-state index in [2.05, 4.69) is 5.32 Å². The van der Waals surface area contributed by atoms with Crippen LogP contribution in [0, 0.1) is 0 Å². The summed E-state index contributed by atoms with van der Waals surface area (Å²) in [5.41, 5.74) is 2.39. The lowest BCUT2D eigenvalue weighted by Gasteiger charge is -2.09. The Morgan fingerprint density at radius 3 is 2.56 bits per heavy atom. The number of carbonyl (C=O) groups excluding carboxylic acids is 1. The van der Waals surface area contributed by atoms with Crippen LogP contribution in [0.5, 0.6) is 0 Å². The van der Waals surface area contributed by atoms with Gasteiger partial charge in [-0.2, -0.15) is 0 Å². The van der Waals surface area contributed by atoms with Crippen molar-refractivity contribution >= 4 is 29.1 Å². The van der Waals surface area contributed by atoms with Crippen molar-refractivity contribution in [2.75, 3.05) is 19.8 Å². The number of carbonyl (C=O) groups is 1. The van der Waals surface area contributed by atoms with Gasteiger partial charge in [0.15, 0.2) is 0 Å². The van der Waals surface area contributed by atoms with E-state index in [0.29, 0.717) is 43.6 Å². The molecule has 0 aromatic heterocycles. The molecule has 0 aliphatic rings. The number of benzene rings is 2. The fourth-order valence-electron chi connectivity index (χ4n) is 2.24. The Morgan fingerprint density at radius 2 is 1.76 bits per heavy atom. The van der Waals surface area contributed by atoms with Crippen molar-refractivity contribution in [1.82, 2.24) is 5.32 Å². The quantitative estimate of drug-likeness (QED) is 0.651. The van der Waals surface area contributed by atoms with E-state index < -0.39 is 0 Å². The van der Waals surface area contributed by atoms with E-state index in [1.807, 2.05) is 31.2 Å². The van der Waals surface area contributed by atoms with Crippen LogP contribution in [0.15, 0.2) is 42.5 Å². The average Bonchev–Trinajstić information content (AvgIpc) is 2.62. The van der Waals surface area contributed by atoms with Crippen LogP contribution in [0.25, 0.3) is 0 Å². The van der Waals surface area contributed by atoms with Crippen molar-refractivity contribution in [3.8, 4) is 0 Å². The third-order valence-corrected chi connectivity index (χ3v) is 4.30. The maximum absolute atomic E-state index is 12.3. The van der Waals surface area contributed by atoms with Gasteiger partial charge in [-0.25, -0.2) is 0 Å². The van der Waals surface area contributed by atoms with Gasteiger partial charge in [0.25, 0.3) is 5.91 Å². The molecule has 0 spiro atoms. The molecule has 1 amide bonds. The summed E-state index contributed by atoms with van der Waals surface area (Å²) in [4.78, 5) is 12.3. The molecule has 0 saturated heterocycles. The van der Waals surface area contributed by atoms with Gasteiger partial charge in [-0.05, 0) is 30.2 Å². The molecule has 0 heterocycles. The minimum absolute atomic E-state index is 0.258. The first-order chi connectivity index (χ1) is 12.1. The van der Waals surface area contributed by atoms with Crippen LogP contribution >= 0.6 is 23.2 Å². The normalized spacial score (nSPS) is 10.7. The topological polar surface area (TPSA) is 47.6 Å². The highest BCUT2D eigenvalue weighted by molar-refractivity contribution is 6.43. The van der Waals surface area contributed by atoms with E-state index in [4.69, 9.17) is 32.7 Å². The first kappa shape index (κ1) is 19.7. The van der Waals surface area contributed by atoms with Gasteiger partial charge >= 0.3 is 0 Å². The molecule has 1 N–H and O–H groups in total. The SMILES string of the molecule is CCOCCOCc1cccc(CNC(=O)c2cccc(Cl)c2Cl)c1.